The van der Waals surface area contributed by atoms with E-state index in [4.69, 9.17) is 5.26 Å². The van der Waals surface area contributed by atoms with Crippen molar-refractivity contribution in [1.82, 2.24) is 10.6 Å². The minimum absolute atomic E-state index is 0.220. The van der Waals surface area contributed by atoms with E-state index in [0.717, 1.165) is 0 Å². The molecule has 1 rings (SSSR count). The van der Waals surface area contributed by atoms with Gasteiger partial charge in [0.05, 0.1) is 4.92 Å². The van der Waals surface area contributed by atoms with Crippen molar-refractivity contribution in [1.29, 1.82) is 5.26 Å². The highest BCUT2D eigenvalue weighted by Crippen LogP contribution is 2.00. The number of hydrogen-bond donors (Lipinski definition) is 2. The Morgan fingerprint density at radius 2 is 2.18 bits per heavy atom. The molecule has 1 fully saturated rings. The van der Waals surface area contributed by atoms with E-state index in [0.29, 0.717) is 13.1 Å². The molecule has 1 saturated heterocycles. The Morgan fingerprint density at radius 3 is 2.55 bits per heavy atom. The first-order valence-electron chi connectivity index (χ1n) is 3.02. The molecule has 11 heavy (non-hydrogen) atoms. The first kappa shape index (κ1) is 7.34. The van der Waals surface area contributed by atoms with Gasteiger partial charge < -0.3 is 10.6 Å². The maximum Gasteiger partial charge on any atom is 0.385 e. The van der Waals surface area contributed by atoms with Crippen LogP contribution in [0.3, 0.4) is 0 Å². The molecule has 0 radical (unpaired) electrons. The molecule has 6 heteroatoms. The molecule has 1 heterocycles. The zero-order valence-electron chi connectivity index (χ0n) is 5.63. The second kappa shape index (κ2) is 2.88. The van der Waals surface area contributed by atoms with Crippen molar-refractivity contribution in [2.24, 2.45) is 0 Å². The average Bonchev–Trinajstić information content (AvgIpc) is 2.40. The summed E-state index contributed by atoms with van der Waals surface area (Å²) in [6, 6.07) is 1.50. The fraction of sp³-hybridized carbons (Fsp3) is 0.400. The summed E-state index contributed by atoms with van der Waals surface area (Å²) in [6.07, 6.45) is 0. The van der Waals surface area contributed by atoms with E-state index in [1.165, 1.54) is 6.07 Å². The highest BCUT2D eigenvalue weighted by Gasteiger charge is 2.20. The third-order valence-electron chi connectivity index (χ3n) is 1.25. The minimum atomic E-state index is -0.708. The predicted octanol–water partition coefficient (Wildman–Crippen LogP) is -0.851. The van der Waals surface area contributed by atoms with Crippen LogP contribution < -0.4 is 10.6 Å². The Morgan fingerprint density at radius 1 is 1.64 bits per heavy atom. The van der Waals surface area contributed by atoms with Gasteiger partial charge in [-0.25, -0.2) is 0 Å². The van der Waals surface area contributed by atoms with E-state index >= 15 is 0 Å². The maximum atomic E-state index is 10.2. The molecular formula is C5H6N4O2. The Hall–Kier alpha value is -1.77. The molecule has 0 aromatic rings. The molecule has 0 atom stereocenters. The van der Waals surface area contributed by atoms with Crippen molar-refractivity contribution in [3.05, 3.63) is 21.6 Å². The van der Waals surface area contributed by atoms with Crippen molar-refractivity contribution in [3.8, 4) is 6.07 Å². The number of allylic oxidation sites excluding steroid dienone is 1. The lowest BCUT2D eigenvalue weighted by Crippen LogP contribution is -2.16. The first-order chi connectivity index (χ1) is 5.25. The van der Waals surface area contributed by atoms with Gasteiger partial charge in [0.25, 0.3) is 0 Å². The molecule has 0 unspecified atom stereocenters. The minimum Gasteiger partial charge on any atom is -0.364 e. The topological polar surface area (TPSA) is 91.0 Å². The van der Waals surface area contributed by atoms with Gasteiger partial charge in [0.2, 0.25) is 0 Å². The Labute approximate surface area is 62.6 Å². The van der Waals surface area contributed by atoms with E-state index in [-0.39, 0.29) is 5.82 Å². The summed E-state index contributed by atoms with van der Waals surface area (Å²) < 4.78 is 0. The second-order valence-electron chi connectivity index (χ2n) is 1.95. The van der Waals surface area contributed by atoms with Crippen molar-refractivity contribution in [3.63, 3.8) is 0 Å². The molecule has 2 N–H and O–H groups in total. The zero-order valence-corrected chi connectivity index (χ0v) is 5.63. The molecule has 0 spiro atoms. The molecule has 0 aromatic carbocycles. The van der Waals surface area contributed by atoms with Gasteiger partial charge in [-0.05, 0) is 0 Å². The summed E-state index contributed by atoms with van der Waals surface area (Å²) in [7, 11) is 0. The lowest BCUT2D eigenvalue weighted by Gasteiger charge is -1.95. The van der Waals surface area contributed by atoms with E-state index in [2.05, 4.69) is 10.6 Å². The lowest BCUT2D eigenvalue weighted by molar-refractivity contribution is -0.419. The largest absolute Gasteiger partial charge is 0.385 e. The molecule has 0 bridgehead atoms. The Kier molecular flexibility index (Phi) is 1.92. The van der Waals surface area contributed by atoms with Crippen LogP contribution in [0.15, 0.2) is 11.5 Å². The van der Waals surface area contributed by atoms with E-state index in [9.17, 15) is 10.1 Å². The average molecular weight is 154 g/mol. The standard InChI is InChI=1S/C5H6N4O2/c6-3-4(9(10)11)5-7-1-2-8-5/h7-8H,1-2H2. The van der Waals surface area contributed by atoms with Crippen molar-refractivity contribution in [2.75, 3.05) is 13.1 Å². The van der Waals surface area contributed by atoms with Gasteiger partial charge in [-0.15, -0.1) is 0 Å². The molecule has 0 amide bonds. The van der Waals surface area contributed by atoms with Gasteiger partial charge in [0.1, 0.15) is 0 Å². The van der Waals surface area contributed by atoms with Gasteiger partial charge >= 0.3 is 5.70 Å². The summed E-state index contributed by atoms with van der Waals surface area (Å²) in [4.78, 5) is 9.46. The van der Waals surface area contributed by atoms with Crippen molar-refractivity contribution in [2.45, 2.75) is 0 Å². The fourth-order valence-corrected chi connectivity index (χ4v) is 0.793. The van der Waals surface area contributed by atoms with Crippen LogP contribution in [-0.2, 0) is 0 Å². The molecule has 1 aliphatic heterocycles. The van der Waals surface area contributed by atoms with Crippen LogP contribution >= 0.6 is 0 Å². The molecule has 6 nitrogen and oxygen atoms in total. The van der Waals surface area contributed by atoms with Crippen LogP contribution in [0.1, 0.15) is 0 Å². The first-order valence-corrected chi connectivity index (χ1v) is 3.02. The SMILES string of the molecule is N#CC(=C1NCCN1)[N+](=O)[O-]. The smallest absolute Gasteiger partial charge is 0.364 e. The van der Waals surface area contributed by atoms with Crippen LogP contribution in [0.4, 0.5) is 0 Å². The Bertz CT molecular complexity index is 244. The van der Waals surface area contributed by atoms with Crippen molar-refractivity contribution >= 4 is 0 Å². The van der Waals surface area contributed by atoms with Crippen LogP contribution in [0.2, 0.25) is 0 Å². The molecule has 1 aliphatic rings. The number of nitrogens with one attached hydrogen (secondary N) is 2. The third-order valence-corrected chi connectivity index (χ3v) is 1.25. The molecular weight excluding hydrogens is 148 g/mol. The molecule has 0 aromatic heterocycles. The summed E-state index contributed by atoms with van der Waals surface area (Å²) in [6.45, 7) is 1.24. The second-order valence-corrected chi connectivity index (χ2v) is 1.95. The summed E-state index contributed by atoms with van der Waals surface area (Å²) in [5.74, 6) is 0.220. The van der Waals surface area contributed by atoms with Gasteiger partial charge in [-0.2, -0.15) is 5.26 Å². The van der Waals surface area contributed by atoms with Crippen LogP contribution in [0.5, 0.6) is 0 Å². The predicted molar refractivity (Wildman–Crippen MR) is 35.6 cm³/mol. The van der Waals surface area contributed by atoms with Gasteiger partial charge in [0, 0.05) is 13.1 Å². The summed E-state index contributed by atoms with van der Waals surface area (Å²) in [5.41, 5.74) is -0.456. The third kappa shape index (κ3) is 1.38. The number of nitrogens with zero attached hydrogens (tertiary/aromatic N) is 2. The van der Waals surface area contributed by atoms with Gasteiger partial charge in [-0.1, -0.05) is 0 Å². The number of rotatable bonds is 1. The molecule has 0 saturated carbocycles. The molecule has 0 aliphatic carbocycles. The van der Waals surface area contributed by atoms with Crippen molar-refractivity contribution < 1.29 is 4.92 Å². The van der Waals surface area contributed by atoms with Gasteiger partial charge in [0.15, 0.2) is 11.9 Å². The number of nitriles is 1. The van der Waals surface area contributed by atoms with E-state index in [1.807, 2.05) is 0 Å². The molecule has 58 valence electrons. The summed E-state index contributed by atoms with van der Waals surface area (Å²) >= 11 is 0. The Balaban J connectivity index is 2.90. The van der Waals surface area contributed by atoms with Crippen LogP contribution in [0.25, 0.3) is 0 Å². The normalized spacial score (nSPS) is 14.6. The highest BCUT2D eigenvalue weighted by molar-refractivity contribution is 5.20. The number of hydrogen-bond acceptors (Lipinski definition) is 5. The number of nitro groups is 1. The van der Waals surface area contributed by atoms with E-state index < -0.39 is 10.6 Å². The van der Waals surface area contributed by atoms with E-state index in [1.54, 1.807) is 0 Å². The summed E-state index contributed by atoms with van der Waals surface area (Å²) in [5, 5.41) is 23.9. The highest BCUT2D eigenvalue weighted by atomic mass is 16.6. The van der Waals surface area contributed by atoms with Crippen LogP contribution in [-0.4, -0.2) is 18.0 Å². The monoisotopic (exact) mass is 154 g/mol. The van der Waals surface area contributed by atoms with Crippen LogP contribution in [0, 0.1) is 21.4 Å². The zero-order chi connectivity index (χ0) is 8.27. The maximum absolute atomic E-state index is 10.2. The lowest BCUT2D eigenvalue weighted by atomic mass is 10.5. The van der Waals surface area contributed by atoms with Gasteiger partial charge in [-0.3, -0.25) is 10.1 Å². The fourth-order valence-electron chi connectivity index (χ4n) is 0.793. The quantitative estimate of drug-likeness (QED) is 0.291.